The number of pyridine rings is 1. The predicted octanol–water partition coefficient (Wildman–Crippen LogP) is 2.76. The van der Waals surface area contributed by atoms with Gasteiger partial charge in [-0.1, -0.05) is 6.07 Å². The van der Waals surface area contributed by atoms with Crippen molar-refractivity contribution in [1.29, 1.82) is 0 Å². The molecular weight excluding hydrogens is 432 g/mol. The fourth-order valence-electron chi connectivity index (χ4n) is 3.91. The average Bonchev–Trinajstić information content (AvgIpc) is 3.37. The second-order valence-electron chi connectivity index (χ2n) is 7.64. The number of nitrogens with zero attached hydrogens (tertiary/aromatic N) is 3. The number of hydrogen-bond acceptors (Lipinski definition) is 6. The van der Waals surface area contributed by atoms with E-state index in [2.05, 4.69) is 15.0 Å². The van der Waals surface area contributed by atoms with Crippen molar-refractivity contribution in [3.8, 4) is 11.1 Å². The predicted molar refractivity (Wildman–Crippen MR) is 116 cm³/mol. The van der Waals surface area contributed by atoms with E-state index in [1.54, 1.807) is 12.3 Å². The van der Waals surface area contributed by atoms with Crippen LogP contribution in [0.25, 0.3) is 11.1 Å². The molecule has 10 heteroatoms. The van der Waals surface area contributed by atoms with Crippen molar-refractivity contribution in [2.24, 2.45) is 10.7 Å². The van der Waals surface area contributed by atoms with Gasteiger partial charge in [-0.2, -0.15) is 4.39 Å². The van der Waals surface area contributed by atoms with Gasteiger partial charge in [0.2, 0.25) is 5.95 Å². The van der Waals surface area contributed by atoms with Crippen LogP contribution in [0.5, 0.6) is 0 Å². The number of likely N-dealkylation sites (N-methyl/N-ethyl adjacent to an activating group) is 1. The van der Waals surface area contributed by atoms with Crippen molar-refractivity contribution in [2.75, 3.05) is 14.2 Å². The summed E-state index contributed by atoms with van der Waals surface area (Å²) in [6, 6.07) is 8.54. The molecule has 0 bridgehead atoms. The van der Waals surface area contributed by atoms with Gasteiger partial charge in [0.25, 0.3) is 5.91 Å². The van der Waals surface area contributed by atoms with Crippen molar-refractivity contribution in [3.63, 3.8) is 0 Å². The minimum Gasteiger partial charge on any atom is -0.464 e. The Morgan fingerprint density at radius 1 is 1.24 bits per heavy atom. The van der Waals surface area contributed by atoms with Gasteiger partial charge in [-0.05, 0) is 54.3 Å². The molecule has 33 heavy (non-hydrogen) atoms. The largest absolute Gasteiger partial charge is 0.464 e. The first-order chi connectivity index (χ1) is 15.8. The van der Waals surface area contributed by atoms with E-state index in [9.17, 15) is 18.4 Å². The fourth-order valence-corrected chi connectivity index (χ4v) is 3.91. The highest BCUT2D eigenvalue weighted by Gasteiger charge is 2.47. The normalized spacial score (nSPS) is 17.9. The molecule has 8 nitrogen and oxygen atoms in total. The zero-order valence-corrected chi connectivity index (χ0v) is 17.9. The minimum absolute atomic E-state index is 0.0164. The number of hydrogen-bond donors (Lipinski definition) is 2. The van der Waals surface area contributed by atoms with E-state index in [0.29, 0.717) is 12.0 Å². The number of benzene rings is 1. The number of H-pyrrole nitrogens is 1. The Bertz CT molecular complexity index is 1270. The molecule has 170 valence electrons. The Balaban J connectivity index is 1.75. The van der Waals surface area contributed by atoms with Gasteiger partial charge in [0.15, 0.2) is 11.5 Å². The molecule has 0 radical (unpaired) electrons. The number of amides is 1. The van der Waals surface area contributed by atoms with Gasteiger partial charge in [0, 0.05) is 30.6 Å². The Kier molecular flexibility index (Phi) is 5.67. The lowest BCUT2D eigenvalue weighted by atomic mass is 9.83. The van der Waals surface area contributed by atoms with Gasteiger partial charge < -0.3 is 15.5 Å². The molecule has 2 aromatic heterocycles. The number of aromatic nitrogens is 2. The van der Waals surface area contributed by atoms with E-state index >= 15 is 0 Å². The molecule has 0 aliphatic carbocycles. The van der Waals surface area contributed by atoms with Crippen LogP contribution in [0.2, 0.25) is 0 Å². The quantitative estimate of drug-likeness (QED) is 0.440. The van der Waals surface area contributed by atoms with Gasteiger partial charge in [-0.15, -0.1) is 0 Å². The Morgan fingerprint density at radius 2 is 2.03 bits per heavy atom. The maximum absolute atomic E-state index is 14.7. The van der Waals surface area contributed by atoms with Gasteiger partial charge in [0.1, 0.15) is 11.5 Å². The monoisotopic (exact) mass is 453 g/mol. The van der Waals surface area contributed by atoms with Gasteiger partial charge in [-0.25, -0.2) is 19.2 Å². The first-order valence-electron chi connectivity index (χ1n) is 10.1. The molecule has 4 rings (SSSR count). The molecule has 1 atom stereocenters. The number of nitrogens with one attached hydrogen (secondary N) is 1. The maximum atomic E-state index is 14.7. The maximum Gasteiger partial charge on any atom is 0.354 e. The van der Waals surface area contributed by atoms with E-state index in [4.69, 9.17) is 10.5 Å². The molecule has 0 fully saturated rings. The van der Waals surface area contributed by atoms with Crippen LogP contribution in [0.15, 0.2) is 53.8 Å². The van der Waals surface area contributed by atoms with Crippen LogP contribution < -0.4 is 5.73 Å². The van der Waals surface area contributed by atoms with E-state index in [1.807, 2.05) is 0 Å². The molecule has 3 aromatic rings. The number of rotatable bonds is 6. The summed E-state index contributed by atoms with van der Waals surface area (Å²) in [6.45, 7) is 0. The van der Waals surface area contributed by atoms with Crippen LogP contribution >= 0.6 is 0 Å². The molecule has 0 saturated carbocycles. The number of methoxy groups -OCH3 is 1. The number of aryl methyl sites for hydroxylation is 1. The molecule has 3 N–H and O–H groups in total. The molecule has 0 unspecified atom stereocenters. The summed E-state index contributed by atoms with van der Waals surface area (Å²) in [5.74, 6) is -2.39. The summed E-state index contributed by atoms with van der Waals surface area (Å²) in [5.41, 5.74) is 5.83. The number of carbonyl (C=O) groups is 2. The van der Waals surface area contributed by atoms with Crippen LogP contribution in [0.3, 0.4) is 0 Å². The topological polar surface area (TPSA) is 114 Å². The third-order valence-corrected chi connectivity index (χ3v) is 5.72. The summed E-state index contributed by atoms with van der Waals surface area (Å²) in [6.07, 6.45) is 3.42. The lowest BCUT2D eigenvalue weighted by molar-refractivity contribution is -0.130. The van der Waals surface area contributed by atoms with Crippen molar-refractivity contribution in [3.05, 3.63) is 77.4 Å². The molecule has 1 aliphatic heterocycles. The third-order valence-electron chi connectivity index (χ3n) is 5.72. The zero-order chi connectivity index (χ0) is 23.8. The Morgan fingerprint density at radius 3 is 2.70 bits per heavy atom. The minimum atomic E-state index is -1.44. The lowest BCUT2D eigenvalue weighted by Gasteiger charge is -2.26. The van der Waals surface area contributed by atoms with Crippen molar-refractivity contribution >= 4 is 17.8 Å². The van der Waals surface area contributed by atoms with Gasteiger partial charge in [0.05, 0.1) is 7.11 Å². The molecule has 1 aliphatic rings. The van der Waals surface area contributed by atoms with E-state index in [1.165, 1.54) is 55.6 Å². The molecule has 0 saturated heterocycles. The number of aromatic amines is 1. The Hall–Kier alpha value is -4.08. The molecule has 1 amide bonds. The van der Waals surface area contributed by atoms with Gasteiger partial charge in [-0.3, -0.25) is 9.69 Å². The highest BCUT2D eigenvalue weighted by atomic mass is 19.1. The van der Waals surface area contributed by atoms with Crippen molar-refractivity contribution < 1.29 is 23.1 Å². The second-order valence-corrected chi connectivity index (χ2v) is 7.64. The molecule has 3 heterocycles. The van der Waals surface area contributed by atoms with E-state index < -0.39 is 29.2 Å². The number of halogens is 2. The molecular formula is C23H21F2N5O3. The molecule has 0 spiro atoms. The highest BCUT2D eigenvalue weighted by Crippen LogP contribution is 2.39. The standard InChI is InChI=1S/C23H21F2N5O3/c1-30-21(32)23(29-22(30)26,8-7-13-10-18(28-12-13)20(31)33-2)14-5-6-17(24)16(11-14)15-4-3-9-27-19(15)25/h3-6,9-12,28H,7-8H2,1-2H3,(H2,26,29)/t23-/m0/s1. The van der Waals surface area contributed by atoms with Gasteiger partial charge >= 0.3 is 5.97 Å². The van der Waals surface area contributed by atoms with E-state index in [-0.39, 0.29) is 29.2 Å². The van der Waals surface area contributed by atoms with Crippen LogP contribution in [-0.2, 0) is 21.5 Å². The SMILES string of the molecule is COC(=O)c1cc(CC[C@@]2(c3ccc(F)c(-c4cccnc4F)c3)N=C(N)N(C)C2=O)c[nH]1. The lowest BCUT2D eigenvalue weighted by Crippen LogP contribution is -2.40. The summed E-state index contributed by atoms with van der Waals surface area (Å²) in [7, 11) is 2.78. The number of nitrogens with two attached hydrogens (primary N) is 1. The first-order valence-corrected chi connectivity index (χ1v) is 10.1. The van der Waals surface area contributed by atoms with E-state index in [0.717, 1.165) is 5.56 Å². The van der Waals surface area contributed by atoms with Crippen LogP contribution in [-0.4, -0.2) is 46.9 Å². The second kappa shape index (κ2) is 8.45. The number of aliphatic imine (C=N–C) groups is 1. The van der Waals surface area contributed by atoms with Crippen LogP contribution in [0.4, 0.5) is 8.78 Å². The summed E-state index contributed by atoms with van der Waals surface area (Å²) >= 11 is 0. The zero-order valence-electron chi connectivity index (χ0n) is 17.9. The summed E-state index contributed by atoms with van der Waals surface area (Å²) in [5, 5.41) is 0. The molecule has 1 aromatic carbocycles. The number of carbonyl (C=O) groups excluding carboxylic acids is 2. The summed E-state index contributed by atoms with van der Waals surface area (Å²) in [4.78, 5) is 37.1. The Labute approximate surface area is 188 Å². The first kappa shape index (κ1) is 22.1. The number of guanidine groups is 1. The van der Waals surface area contributed by atoms with Crippen molar-refractivity contribution in [2.45, 2.75) is 18.4 Å². The highest BCUT2D eigenvalue weighted by molar-refractivity contribution is 6.07. The van der Waals surface area contributed by atoms with Crippen LogP contribution in [0.1, 0.15) is 28.0 Å². The average molecular weight is 453 g/mol. The summed E-state index contributed by atoms with van der Waals surface area (Å²) < 4.78 is 33.6. The number of esters is 1. The number of ether oxygens (including phenoxy) is 1. The smallest absolute Gasteiger partial charge is 0.354 e. The van der Waals surface area contributed by atoms with Crippen LogP contribution in [0, 0.1) is 11.8 Å². The fraction of sp³-hybridized carbons (Fsp3) is 0.217. The third kappa shape index (κ3) is 3.84. The van der Waals surface area contributed by atoms with Crippen molar-refractivity contribution in [1.82, 2.24) is 14.9 Å².